The number of aromatic nitrogens is 2. The molecule has 20 heavy (non-hydrogen) atoms. The van der Waals surface area contributed by atoms with Gasteiger partial charge in [0.25, 0.3) is 5.91 Å². The van der Waals surface area contributed by atoms with Crippen LogP contribution in [0.1, 0.15) is 10.6 Å². The van der Waals surface area contributed by atoms with Crippen LogP contribution in [-0.4, -0.2) is 15.7 Å². The van der Waals surface area contributed by atoms with Gasteiger partial charge in [0, 0.05) is 12.4 Å². The van der Waals surface area contributed by atoms with E-state index in [1.165, 1.54) is 6.26 Å². The second kappa shape index (κ2) is 5.22. The Kier molecular flexibility index (Phi) is 3.26. The van der Waals surface area contributed by atoms with Crippen molar-refractivity contribution in [3.05, 3.63) is 65.8 Å². The fourth-order valence-corrected chi connectivity index (χ4v) is 2.10. The first-order valence-corrected chi connectivity index (χ1v) is 6.27. The average molecular weight is 288 g/mol. The molecule has 1 aromatic carbocycles. The van der Waals surface area contributed by atoms with Crippen LogP contribution in [0.25, 0.3) is 5.69 Å². The number of amides is 1. The van der Waals surface area contributed by atoms with Crippen LogP contribution < -0.4 is 5.32 Å². The van der Waals surface area contributed by atoms with E-state index in [0.29, 0.717) is 16.4 Å². The number of benzene rings is 1. The third kappa shape index (κ3) is 2.31. The van der Waals surface area contributed by atoms with Gasteiger partial charge in [0.05, 0.1) is 17.0 Å². The number of carbonyl (C=O) groups excluding carboxylic acids is 1. The predicted octanol–water partition coefficient (Wildman–Crippen LogP) is 3.37. The van der Waals surface area contributed by atoms with Crippen molar-refractivity contribution in [1.82, 2.24) is 9.78 Å². The third-order valence-corrected chi connectivity index (χ3v) is 3.02. The summed E-state index contributed by atoms with van der Waals surface area (Å²) in [6.07, 6.45) is 4.84. The topological polar surface area (TPSA) is 60.1 Å². The van der Waals surface area contributed by atoms with E-state index in [1.807, 2.05) is 0 Å². The summed E-state index contributed by atoms with van der Waals surface area (Å²) >= 11 is 6.19. The lowest BCUT2D eigenvalue weighted by molar-refractivity contribution is 0.0996. The van der Waals surface area contributed by atoms with Crippen LogP contribution in [0.15, 0.2) is 59.5 Å². The summed E-state index contributed by atoms with van der Waals surface area (Å²) in [4.78, 5) is 12.0. The van der Waals surface area contributed by atoms with Gasteiger partial charge < -0.3 is 9.73 Å². The van der Waals surface area contributed by atoms with Crippen LogP contribution >= 0.6 is 11.6 Å². The van der Waals surface area contributed by atoms with E-state index in [0.717, 1.165) is 0 Å². The summed E-state index contributed by atoms with van der Waals surface area (Å²) in [5.74, 6) is -0.109. The molecule has 3 aromatic rings. The van der Waals surface area contributed by atoms with Crippen molar-refractivity contribution in [2.75, 3.05) is 5.32 Å². The number of nitrogens with one attached hydrogen (secondary N) is 1. The van der Waals surface area contributed by atoms with Crippen molar-refractivity contribution in [3.63, 3.8) is 0 Å². The quantitative estimate of drug-likeness (QED) is 0.803. The monoisotopic (exact) mass is 287 g/mol. The lowest BCUT2D eigenvalue weighted by Crippen LogP contribution is -2.13. The smallest absolute Gasteiger partial charge is 0.291 e. The first kappa shape index (κ1) is 12.5. The Morgan fingerprint density at radius 2 is 2.15 bits per heavy atom. The molecular weight excluding hydrogens is 278 g/mol. The Hall–Kier alpha value is -2.53. The zero-order valence-corrected chi connectivity index (χ0v) is 11.0. The van der Waals surface area contributed by atoms with E-state index in [-0.39, 0.29) is 11.7 Å². The molecule has 0 spiro atoms. The molecule has 2 aromatic heterocycles. The molecule has 0 aliphatic rings. The Bertz CT molecular complexity index is 721. The van der Waals surface area contributed by atoms with Crippen molar-refractivity contribution < 1.29 is 9.21 Å². The van der Waals surface area contributed by atoms with Crippen LogP contribution in [0.4, 0.5) is 5.69 Å². The number of nitrogens with zero attached hydrogens (tertiary/aromatic N) is 2. The van der Waals surface area contributed by atoms with E-state index in [2.05, 4.69) is 10.4 Å². The maximum absolute atomic E-state index is 12.0. The molecule has 5 nitrogen and oxygen atoms in total. The molecule has 1 amide bonds. The molecule has 100 valence electrons. The van der Waals surface area contributed by atoms with Crippen molar-refractivity contribution in [2.45, 2.75) is 0 Å². The lowest BCUT2D eigenvalue weighted by Gasteiger charge is -2.11. The number of anilines is 1. The number of rotatable bonds is 3. The highest BCUT2D eigenvalue weighted by atomic mass is 35.5. The van der Waals surface area contributed by atoms with Gasteiger partial charge in [0.1, 0.15) is 5.69 Å². The van der Waals surface area contributed by atoms with E-state index < -0.39 is 0 Å². The van der Waals surface area contributed by atoms with E-state index in [1.54, 1.807) is 53.5 Å². The maximum atomic E-state index is 12.0. The van der Waals surface area contributed by atoms with Gasteiger partial charge in [-0.2, -0.15) is 5.10 Å². The third-order valence-electron chi connectivity index (χ3n) is 2.71. The van der Waals surface area contributed by atoms with Crippen LogP contribution in [-0.2, 0) is 0 Å². The van der Waals surface area contributed by atoms with Crippen molar-refractivity contribution in [1.29, 1.82) is 0 Å². The van der Waals surface area contributed by atoms with E-state index >= 15 is 0 Å². The highest BCUT2D eigenvalue weighted by Gasteiger charge is 2.14. The highest BCUT2D eigenvalue weighted by molar-refractivity contribution is 6.33. The fraction of sp³-hybridized carbons (Fsp3) is 0. The molecule has 0 atom stereocenters. The molecule has 0 fully saturated rings. The zero-order chi connectivity index (χ0) is 13.9. The first-order valence-electron chi connectivity index (χ1n) is 5.89. The highest BCUT2D eigenvalue weighted by Crippen LogP contribution is 2.28. The van der Waals surface area contributed by atoms with Crippen LogP contribution in [0, 0.1) is 0 Å². The molecule has 3 rings (SSSR count). The minimum Gasteiger partial charge on any atom is -0.459 e. The van der Waals surface area contributed by atoms with Crippen LogP contribution in [0.2, 0.25) is 5.02 Å². The SMILES string of the molecule is O=C(Nc1cccc(Cl)c1-n1cccn1)c1ccco1. The molecule has 0 aliphatic carbocycles. The van der Waals surface area contributed by atoms with E-state index in [4.69, 9.17) is 16.0 Å². The summed E-state index contributed by atoms with van der Waals surface area (Å²) in [5, 5.41) is 7.39. The predicted molar refractivity (Wildman–Crippen MR) is 75.2 cm³/mol. The molecule has 0 bridgehead atoms. The lowest BCUT2D eigenvalue weighted by atomic mass is 10.2. The molecule has 0 unspecified atom stereocenters. The zero-order valence-electron chi connectivity index (χ0n) is 10.3. The van der Waals surface area contributed by atoms with Gasteiger partial charge in [0.2, 0.25) is 0 Å². The van der Waals surface area contributed by atoms with Crippen LogP contribution in [0.3, 0.4) is 0 Å². The van der Waals surface area contributed by atoms with Crippen molar-refractivity contribution in [2.24, 2.45) is 0 Å². The van der Waals surface area contributed by atoms with Crippen molar-refractivity contribution >= 4 is 23.2 Å². The number of halogens is 1. The number of para-hydroxylation sites is 1. The first-order chi connectivity index (χ1) is 9.75. The normalized spacial score (nSPS) is 10.4. The standard InChI is InChI=1S/C14H10ClN3O2/c15-10-4-1-5-11(13(10)18-8-3-7-16-18)17-14(19)12-6-2-9-20-12/h1-9H,(H,17,19). The maximum Gasteiger partial charge on any atom is 0.291 e. The van der Waals surface area contributed by atoms with Gasteiger partial charge in [0.15, 0.2) is 5.76 Å². The van der Waals surface area contributed by atoms with Crippen LogP contribution in [0.5, 0.6) is 0 Å². The van der Waals surface area contributed by atoms with Gasteiger partial charge >= 0.3 is 0 Å². The van der Waals surface area contributed by atoms with Gasteiger partial charge in [-0.1, -0.05) is 17.7 Å². The second-order valence-electron chi connectivity index (χ2n) is 4.02. The summed E-state index contributed by atoms with van der Waals surface area (Å²) in [7, 11) is 0. The minimum absolute atomic E-state index is 0.233. The van der Waals surface area contributed by atoms with Gasteiger partial charge in [-0.05, 0) is 30.3 Å². The minimum atomic E-state index is -0.342. The second-order valence-corrected chi connectivity index (χ2v) is 4.43. The van der Waals surface area contributed by atoms with E-state index in [9.17, 15) is 4.79 Å². The molecule has 2 heterocycles. The number of carbonyl (C=O) groups is 1. The molecule has 1 N–H and O–H groups in total. The Morgan fingerprint density at radius 1 is 1.25 bits per heavy atom. The largest absolute Gasteiger partial charge is 0.459 e. The summed E-state index contributed by atoms with van der Waals surface area (Å²) in [6.45, 7) is 0. The molecule has 0 radical (unpaired) electrons. The summed E-state index contributed by atoms with van der Waals surface area (Å²) in [5.41, 5.74) is 1.17. The van der Waals surface area contributed by atoms with Gasteiger partial charge in [-0.15, -0.1) is 0 Å². The molecule has 6 heteroatoms. The Morgan fingerprint density at radius 3 is 2.85 bits per heavy atom. The molecular formula is C14H10ClN3O2. The van der Waals surface area contributed by atoms with Crippen molar-refractivity contribution in [3.8, 4) is 5.69 Å². The molecule has 0 aliphatic heterocycles. The Balaban J connectivity index is 1.98. The number of furan rings is 1. The average Bonchev–Trinajstić information content (AvgIpc) is 3.12. The molecule has 0 saturated carbocycles. The van der Waals surface area contributed by atoms with Gasteiger partial charge in [-0.3, -0.25) is 4.79 Å². The van der Waals surface area contributed by atoms with Gasteiger partial charge in [-0.25, -0.2) is 4.68 Å². The Labute approximate surface area is 119 Å². The number of hydrogen-bond donors (Lipinski definition) is 1. The fourth-order valence-electron chi connectivity index (χ4n) is 1.84. The summed E-state index contributed by atoms with van der Waals surface area (Å²) in [6, 6.07) is 10.3. The summed E-state index contributed by atoms with van der Waals surface area (Å²) < 4.78 is 6.66. The molecule has 0 saturated heterocycles. The number of hydrogen-bond acceptors (Lipinski definition) is 3.